The van der Waals surface area contributed by atoms with Crippen molar-refractivity contribution in [3.8, 4) is 11.4 Å². The van der Waals surface area contributed by atoms with E-state index in [0.29, 0.717) is 17.9 Å². The lowest BCUT2D eigenvalue weighted by Gasteiger charge is -2.21. The number of carbonyl (C=O) groups excluding carboxylic acids is 2. The summed E-state index contributed by atoms with van der Waals surface area (Å²) in [6, 6.07) is 25.3. The number of ketones is 1. The van der Waals surface area contributed by atoms with E-state index in [2.05, 4.69) is 27.0 Å². The molecule has 0 unspecified atom stereocenters. The molecule has 1 amide bonds. The standard InChI is InChI=1S/C31H29N3O3/c35-28(24-10-13-25(14-11-24)37-21-22-6-2-1-3-7-22)20-31(16-17-31)30(36)33-26-15-12-23-8-4-5-9-27(23)34-19-18-32-29(26)34/h1-11,13-14,18-19,26H,12,15-17,20-21H2,(H,33,36)/t26-/m1/s1. The minimum absolute atomic E-state index is 0.0166. The summed E-state index contributed by atoms with van der Waals surface area (Å²) in [4.78, 5) is 31.1. The molecule has 1 aromatic heterocycles. The largest absolute Gasteiger partial charge is 0.489 e. The molecule has 37 heavy (non-hydrogen) atoms. The van der Waals surface area contributed by atoms with Gasteiger partial charge in [0.05, 0.1) is 11.5 Å². The highest BCUT2D eigenvalue weighted by Gasteiger charge is 2.51. The van der Waals surface area contributed by atoms with Crippen LogP contribution in [-0.2, 0) is 17.8 Å². The van der Waals surface area contributed by atoms with E-state index in [0.717, 1.165) is 42.8 Å². The molecule has 2 aliphatic rings. The zero-order valence-corrected chi connectivity index (χ0v) is 20.6. The fraction of sp³-hybridized carbons (Fsp3) is 0.258. The number of fused-ring (bicyclic) bond motifs is 3. The predicted octanol–water partition coefficient (Wildman–Crippen LogP) is 5.61. The van der Waals surface area contributed by atoms with Crippen LogP contribution in [0.15, 0.2) is 91.3 Å². The highest BCUT2D eigenvalue weighted by atomic mass is 16.5. The van der Waals surface area contributed by atoms with Crippen LogP contribution in [0.3, 0.4) is 0 Å². The predicted molar refractivity (Wildman–Crippen MR) is 141 cm³/mol. The maximum absolute atomic E-state index is 13.4. The molecule has 3 aromatic carbocycles. The lowest BCUT2D eigenvalue weighted by Crippen LogP contribution is -2.37. The van der Waals surface area contributed by atoms with Crippen molar-refractivity contribution in [3.05, 3.63) is 114 Å². The Bertz CT molecular complexity index is 1420. The summed E-state index contributed by atoms with van der Waals surface area (Å²) in [6.45, 7) is 0.474. The van der Waals surface area contributed by atoms with Gasteiger partial charge in [0.25, 0.3) is 0 Å². The molecule has 6 heteroatoms. The van der Waals surface area contributed by atoms with Gasteiger partial charge in [-0.1, -0.05) is 48.5 Å². The van der Waals surface area contributed by atoms with Crippen LogP contribution in [0.25, 0.3) is 5.69 Å². The number of aromatic nitrogens is 2. The van der Waals surface area contributed by atoms with Gasteiger partial charge in [0.1, 0.15) is 18.2 Å². The SMILES string of the molecule is O=C(CC1(C(=O)N[C@@H]2CCc3ccccc3-n3ccnc32)CC1)c1ccc(OCc2ccccc2)cc1. The van der Waals surface area contributed by atoms with Gasteiger partial charge in [-0.05, 0) is 67.1 Å². The molecule has 2 heterocycles. The smallest absolute Gasteiger partial charge is 0.227 e. The van der Waals surface area contributed by atoms with Gasteiger partial charge in [0, 0.05) is 30.1 Å². The number of ether oxygens (including phenoxy) is 1. The minimum Gasteiger partial charge on any atom is -0.489 e. The molecular weight excluding hydrogens is 462 g/mol. The molecular formula is C31H29N3O3. The number of Topliss-reactive ketones (excluding diaryl/α,β-unsaturated/α-hetero) is 1. The summed E-state index contributed by atoms with van der Waals surface area (Å²) < 4.78 is 7.90. The number of para-hydroxylation sites is 1. The Hall–Kier alpha value is -4.19. The van der Waals surface area contributed by atoms with E-state index in [9.17, 15) is 9.59 Å². The Morgan fingerprint density at radius 1 is 0.973 bits per heavy atom. The molecule has 0 radical (unpaired) electrons. The van der Waals surface area contributed by atoms with Gasteiger partial charge >= 0.3 is 0 Å². The third kappa shape index (κ3) is 4.79. The van der Waals surface area contributed by atoms with Crippen LogP contribution >= 0.6 is 0 Å². The van der Waals surface area contributed by atoms with Crippen LogP contribution in [0.4, 0.5) is 0 Å². The molecule has 1 fully saturated rings. The second-order valence-corrected chi connectivity index (χ2v) is 10.0. The van der Waals surface area contributed by atoms with Crippen molar-refractivity contribution in [3.63, 3.8) is 0 Å². The van der Waals surface area contributed by atoms with Gasteiger partial charge in [0.15, 0.2) is 5.78 Å². The Morgan fingerprint density at radius 2 is 1.73 bits per heavy atom. The van der Waals surface area contributed by atoms with Crippen LogP contribution < -0.4 is 10.1 Å². The lowest BCUT2D eigenvalue weighted by atomic mass is 9.94. The second kappa shape index (κ2) is 9.69. The lowest BCUT2D eigenvalue weighted by molar-refractivity contribution is -0.127. The van der Waals surface area contributed by atoms with E-state index >= 15 is 0 Å². The fourth-order valence-corrected chi connectivity index (χ4v) is 5.13. The topological polar surface area (TPSA) is 73.2 Å². The molecule has 0 saturated heterocycles. The molecule has 186 valence electrons. The average molecular weight is 492 g/mol. The Labute approximate surface area is 216 Å². The third-order valence-corrected chi connectivity index (χ3v) is 7.50. The first-order valence-corrected chi connectivity index (χ1v) is 12.8. The maximum Gasteiger partial charge on any atom is 0.227 e. The molecule has 4 aromatic rings. The summed E-state index contributed by atoms with van der Waals surface area (Å²) >= 11 is 0. The average Bonchev–Trinajstić information content (AvgIpc) is 3.59. The van der Waals surface area contributed by atoms with Crippen molar-refractivity contribution in [2.75, 3.05) is 0 Å². The number of imidazole rings is 1. The molecule has 0 bridgehead atoms. The van der Waals surface area contributed by atoms with Crippen molar-refractivity contribution in [1.82, 2.24) is 14.9 Å². The van der Waals surface area contributed by atoms with Crippen molar-refractivity contribution >= 4 is 11.7 Å². The van der Waals surface area contributed by atoms with Crippen LogP contribution in [0.5, 0.6) is 5.75 Å². The summed E-state index contributed by atoms with van der Waals surface area (Å²) in [7, 11) is 0. The van der Waals surface area contributed by atoms with Crippen molar-refractivity contribution in [2.45, 2.75) is 44.8 Å². The van der Waals surface area contributed by atoms with Gasteiger partial charge in [-0.25, -0.2) is 4.98 Å². The van der Waals surface area contributed by atoms with Gasteiger partial charge in [-0.3, -0.25) is 9.59 Å². The number of amides is 1. The minimum atomic E-state index is -0.629. The highest BCUT2D eigenvalue weighted by molar-refractivity contribution is 6.00. The van der Waals surface area contributed by atoms with E-state index in [4.69, 9.17) is 4.74 Å². The summed E-state index contributed by atoms with van der Waals surface area (Å²) in [6.07, 6.45) is 7.02. The Balaban J connectivity index is 1.09. The van der Waals surface area contributed by atoms with Crippen LogP contribution in [0.1, 0.15) is 59.0 Å². The zero-order valence-electron chi connectivity index (χ0n) is 20.6. The molecule has 6 rings (SSSR count). The molecule has 1 aliphatic heterocycles. The summed E-state index contributed by atoms with van der Waals surface area (Å²) in [5, 5.41) is 3.24. The van der Waals surface area contributed by atoms with E-state index in [1.165, 1.54) is 5.56 Å². The molecule has 1 atom stereocenters. The fourth-order valence-electron chi connectivity index (χ4n) is 5.13. The zero-order chi connectivity index (χ0) is 25.2. The first-order valence-electron chi connectivity index (χ1n) is 12.8. The van der Waals surface area contributed by atoms with Crippen molar-refractivity contribution in [1.29, 1.82) is 0 Å². The number of aryl methyl sites for hydroxylation is 1. The first-order chi connectivity index (χ1) is 18.1. The van der Waals surface area contributed by atoms with Crippen LogP contribution in [0, 0.1) is 5.41 Å². The van der Waals surface area contributed by atoms with Gasteiger partial charge in [0.2, 0.25) is 5.91 Å². The van der Waals surface area contributed by atoms with E-state index in [1.807, 2.05) is 60.8 Å². The van der Waals surface area contributed by atoms with Gasteiger partial charge in [-0.2, -0.15) is 0 Å². The van der Waals surface area contributed by atoms with Crippen LogP contribution in [-0.4, -0.2) is 21.2 Å². The number of hydrogen-bond acceptors (Lipinski definition) is 4. The summed E-state index contributed by atoms with van der Waals surface area (Å²) in [5.74, 6) is 1.49. The number of benzene rings is 3. The van der Waals surface area contributed by atoms with Gasteiger partial charge < -0.3 is 14.6 Å². The Kier molecular flexibility index (Phi) is 6.08. The molecule has 6 nitrogen and oxygen atoms in total. The number of carbonyl (C=O) groups is 2. The first kappa shape index (κ1) is 23.2. The molecule has 1 aliphatic carbocycles. The number of nitrogens with zero attached hydrogens (tertiary/aromatic N) is 2. The quantitative estimate of drug-likeness (QED) is 0.325. The van der Waals surface area contributed by atoms with E-state index in [-0.39, 0.29) is 24.2 Å². The molecule has 1 saturated carbocycles. The van der Waals surface area contributed by atoms with Crippen molar-refractivity contribution in [2.24, 2.45) is 5.41 Å². The number of rotatable bonds is 8. The van der Waals surface area contributed by atoms with E-state index < -0.39 is 5.41 Å². The normalized spacial score (nSPS) is 17.1. The molecule has 1 N–H and O–H groups in total. The maximum atomic E-state index is 13.4. The van der Waals surface area contributed by atoms with Gasteiger partial charge in [-0.15, -0.1) is 0 Å². The second-order valence-electron chi connectivity index (χ2n) is 10.0. The number of nitrogens with one attached hydrogen (secondary N) is 1. The van der Waals surface area contributed by atoms with E-state index in [1.54, 1.807) is 18.3 Å². The Morgan fingerprint density at radius 3 is 2.51 bits per heavy atom. The van der Waals surface area contributed by atoms with Crippen LogP contribution in [0.2, 0.25) is 0 Å². The molecule has 0 spiro atoms. The third-order valence-electron chi connectivity index (χ3n) is 7.50. The monoisotopic (exact) mass is 491 g/mol. The van der Waals surface area contributed by atoms with Crippen molar-refractivity contribution < 1.29 is 14.3 Å². The summed E-state index contributed by atoms with van der Waals surface area (Å²) in [5.41, 5.74) is 3.41. The highest BCUT2D eigenvalue weighted by Crippen LogP contribution is 2.50. The number of hydrogen-bond donors (Lipinski definition) is 1.